The fraction of sp³-hybridized carbons (Fsp3) is 0.615. The minimum Gasteiger partial charge on any atom is -0.382 e. The minimum atomic E-state index is -0.194. The lowest BCUT2D eigenvalue weighted by molar-refractivity contribution is 0.520. The van der Waals surface area contributed by atoms with Crippen molar-refractivity contribution in [3.05, 3.63) is 10.5 Å². The summed E-state index contributed by atoms with van der Waals surface area (Å²) in [6, 6.07) is 0. The van der Waals surface area contributed by atoms with Gasteiger partial charge in [-0.15, -0.1) is 0 Å². The van der Waals surface area contributed by atoms with Crippen molar-refractivity contribution < 1.29 is 0 Å². The Kier molecular flexibility index (Phi) is 4.26. The van der Waals surface area contributed by atoms with Gasteiger partial charge in [-0.25, -0.2) is 4.79 Å². The first-order chi connectivity index (χ1) is 9.52. The molecule has 0 aromatic carbocycles. The van der Waals surface area contributed by atoms with Crippen LogP contribution < -0.4 is 16.7 Å². The maximum Gasteiger partial charge on any atom is 0.327 e. The number of aromatic nitrogens is 4. The van der Waals surface area contributed by atoms with Gasteiger partial charge in [-0.3, -0.25) is 4.57 Å². The van der Waals surface area contributed by atoms with Crippen LogP contribution >= 0.6 is 0 Å². The highest BCUT2D eigenvalue weighted by Crippen LogP contribution is 2.17. The van der Waals surface area contributed by atoms with E-state index in [9.17, 15) is 4.79 Å². The third kappa shape index (κ3) is 2.92. The first kappa shape index (κ1) is 14.4. The maximum absolute atomic E-state index is 12.0. The van der Waals surface area contributed by atoms with Crippen LogP contribution in [-0.2, 0) is 6.54 Å². The van der Waals surface area contributed by atoms with Gasteiger partial charge >= 0.3 is 5.69 Å². The number of hydrogen-bond donors (Lipinski definition) is 3. The number of nitrogens with two attached hydrogens (primary N) is 1. The standard InChI is InChI=1S/C13H22N6O/c1-4-5-6-15-12-17-10(14)9-11(18-12)19(7-8(2)3)13(20)16-9/h8H,4-7H2,1-3H3,(H,16,20)(H3,14,15,17,18). The Bertz CT molecular complexity index is 642. The Balaban J connectivity index is 2.42. The number of unbranched alkanes of at least 4 members (excludes halogenated alkanes) is 1. The van der Waals surface area contributed by atoms with Gasteiger partial charge in [-0.1, -0.05) is 27.2 Å². The molecule has 0 bridgehead atoms. The number of anilines is 2. The highest BCUT2D eigenvalue weighted by molar-refractivity contribution is 5.82. The fourth-order valence-corrected chi connectivity index (χ4v) is 2.04. The molecule has 20 heavy (non-hydrogen) atoms. The Morgan fingerprint density at radius 1 is 1.40 bits per heavy atom. The Morgan fingerprint density at radius 2 is 2.15 bits per heavy atom. The predicted molar refractivity (Wildman–Crippen MR) is 80.8 cm³/mol. The molecule has 7 heteroatoms. The van der Waals surface area contributed by atoms with E-state index in [1.165, 1.54) is 0 Å². The summed E-state index contributed by atoms with van der Waals surface area (Å²) in [5, 5.41) is 3.14. The zero-order valence-corrected chi connectivity index (χ0v) is 12.2. The molecule has 4 N–H and O–H groups in total. The van der Waals surface area contributed by atoms with Gasteiger partial charge in [0.15, 0.2) is 11.5 Å². The molecule has 0 amide bonds. The van der Waals surface area contributed by atoms with Crippen molar-refractivity contribution in [1.29, 1.82) is 0 Å². The van der Waals surface area contributed by atoms with E-state index >= 15 is 0 Å². The van der Waals surface area contributed by atoms with Crippen molar-refractivity contribution in [3.8, 4) is 0 Å². The molecule has 0 fully saturated rings. The second kappa shape index (κ2) is 5.94. The van der Waals surface area contributed by atoms with Gasteiger partial charge in [0.05, 0.1) is 0 Å². The van der Waals surface area contributed by atoms with Crippen molar-refractivity contribution in [2.24, 2.45) is 5.92 Å². The molecule has 0 radical (unpaired) electrons. The van der Waals surface area contributed by atoms with E-state index in [0.717, 1.165) is 19.4 Å². The molecule has 0 saturated heterocycles. The molecular formula is C13H22N6O. The van der Waals surface area contributed by atoms with E-state index in [1.807, 2.05) is 0 Å². The normalized spacial score (nSPS) is 11.4. The highest BCUT2D eigenvalue weighted by atomic mass is 16.1. The van der Waals surface area contributed by atoms with E-state index in [1.54, 1.807) is 4.57 Å². The topological polar surface area (TPSA) is 102 Å². The molecule has 2 aromatic heterocycles. The van der Waals surface area contributed by atoms with Gasteiger partial charge in [-0.2, -0.15) is 9.97 Å². The number of rotatable bonds is 6. The Morgan fingerprint density at radius 3 is 2.80 bits per heavy atom. The quantitative estimate of drug-likeness (QED) is 0.696. The minimum absolute atomic E-state index is 0.194. The number of nitrogens with one attached hydrogen (secondary N) is 2. The Hall–Kier alpha value is -2.05. The number of nitrogens with zero attached hydrogens (tertiary/aromatic N) is 3. The van der Waals surface area contributed by atoms with Crippen molar-refractivity contribution in [1.82, 2.24) is 19.5 Å². The summed E-state index contributed by atoms with van der Waals surface area (Å²) in [7, 11) is 0. The molecule has 0 atom stereocenters. The van der Waals surface area contributed by atoms with Crippen molar-refractivity contribution in [3.63, 3.8) is 0 Å². The van der Waals surface area contributed by atoms with E-state index < -0.39 is 0 Å². The maximum atomic E-state index is 12.0. The summed E-state index contributed by atoms with van der Waals surface area (Å²) in [5.41, 5.74) is 6.78. The molecule has 0 aliphatic carbocycles. The average molecular weight is 278 g/mol. The molecular weight excluding hydrogens is 256 g/mol. The largest absolute Gasteiger partial charge is 0.382 e. The van der Waals surface area contributed by atoms with Gasteiger partial charge < -0.3 is 16.0 Å². The third-order valence-electron chi connectivity index (χ3n) is 3.01. The number of H-pyrrole nitrogens is 1. The van der Waals surface area contributed by atoms with Crippen LogP contribution in [0.2, 0.25) is 0 Å². The van der Waals surface area contributed by atoms with Gasteiger partial charge in [-0.05, 0) is 12.3 Å². The summed E-state index contributed by atoms with van der Waals surface area (Å²) < 4.78 is 1.61. The van der Waals surface area contributed by atoms with Crippen LogP contribution in [0.1, 0.15) is 33.6 Å². The summed E-state index contributed by atoms with van der Waals surface area (Å²) in [6.45, 7) is 7.61. The summed E-state index contributed by atoms with van der Waals surface area (Å²) >= 11 is 0. The molecule has 0 spiro atoms. The smallest absolute Gasteiger partial charge is 0.327 e. The SMILES string of the molecule is CCCCNc1nc(N)c2[nH]c(=O)n(CC(C)C)c2n1. The fourth-order valence-electron chi connectivity index (χ4n) is 2.04. The molecule has 110 valence electrons. The Labute approximate surface area is 117 Å². The van der Waals surface area contributed by atoms with Crippen LogP contribution in [0.3, 0.4) is 0 Å². The average Bonchev–Trinajstić information content (AvgIpc) is 2.68. The molecule has 0 aliphatic rings. The molecule has 0 saturated carbocycles. The van der Waals surface area contributed by atoms with Gasteiger partial charge in [0.25, 0.3) is 0 Å². The van der Waals surface area contributed by atoms with E-state index in [4.69, 9.17) is 5.73 Å². The highest BCUT2D eigenvalue weighted by Gasteiger charge is 2.14. The van der Waals surface area contributed by atoms with Crippen LogP contribution in [0, 0.1) is 5.92 Å². The lowest BCUT2D eigenvalue weighted by Crippen LogP contribution is -2.20. The van der Waals surface area contributed by atoms with Crippen molar-refractivity contribution in [2.75, 3.05) is 17.6 Å². The number of fused-ring (bicyclic) bond motifs is 1. The van der Waals surface area contributed by atoms with Crippen molar-refractivity contribution in [2.45, 2.75) is 40.2 Å². The lowest BCUT2D eigenvalue weighted by Gasteiger charge is -2.08. The molecule has 7 nitrogen and oxygen atoms in total. The van der Waals surface area contributed by atoms with E-state index in [2.05, 4.69) is 41.0 Å². The summed E-state index contributed by atoms with van der Waals surface area (Å²) in [4.78, 5) is 23.3. The van der Waals surface area contributed by atoms with Gasteiger partial charge in [0, 0.05) is 13.1 Å². The molecule has 0 unspecified atom stereocenters. The summed E-state index contributed by atoms with van der Waals surface area (Å²) in [5.74, 6) is 1.12. The van der Waals surface area contributed by atoms with Crippen LogP contribution in [0.25, 0.3) is 11.2 Å². The predicted octanol–water partition coefficient (Wildman–Crippen LogP) is 1.57. The van der Waals surface area contributed by atoms with Crippen LogP contribution in [0.15, 0.2) is 4.79 Å². The molecule has 0 aliphatic heterocycles. The van der Waals surface area contributed by atoms with Crippen LogP contribution in [-0.4, -0.2) is 26.1 Å². The third-order valence-corrected chi connectivity index (χ3v) is 3.01. The number of aromatic amines is 1. The molecule has 2 aromatic rings. The zero-order valence-electron chi connectivity index (χ0n) is 12.2. The lowest BCUT2D eigenvalue weighted by atomic mass is 10.2. The monoisotopic (exact) mass is 278 g/mol. The first-order valence-electron chi connectivity index (χ1n) is 7.02. The van der Waals surface area contributed by atoms with Crippen molar-refractivity contribution >= 4 is 22.9 Å². The second-order valence-corrected chi connectivity index (χ2v) is 5.35. The first-order valence-corrected chi connectivity index (χ1v) is 7.02. The van der Waals surface area contributed by atoms with Crippen LogP contribution in [0.4, 0.5) is 11.8 Å². The number of hydrogen-bond acceptors (Lipinski definition) is 5. The molecule has 2 heterocycles. The van der Waals surface area contributed by atoms with Gasteiger partial charge in [0.2, 0.25) is 5.95 Å². The number of nitrogen functional groups attached to an aromatic ring is 1. The summed E-state index contributed by atoms with van der Waals surface area (Å²) in [6.07, 6.45) is 2.13. The number of imidazole rings is 1. The van der Waals surface area contributed by atoms with E-state index in [0.29, 0.717) is 35.4 Å². The molecule has 2 rings (SSSR count). The van der Waals surface area contributed by atoms with Crippen LogP contribution in [0.5, 0.6) is 0 Å². The van der Waals surface area contributed by atoms with E-state index in [-0.39, 0.29) is 5.69 Å². The van der Waals surface area contributed by atoms with Gasteiger partial charge in [0.1, 0.15) is 5.52 Å². The second-order valence-electron chi connectivity index (χ2n) is 5.35. The zero-order chi connectivity index (χ0) is 14.7.